The van der Waals surface area contributed by atoms with E-state index in [-0.39, 0.29) is 11.8 Å². The quantitative estimate of drug-likeness (QED) is 0.564. The Morgan fingerprint density at radius 3 is 2.51 bits per heavy atom. The number of nitrogens with one attached hydrogen (secondary N) is 1. The first-order valence-corrected chi connectivity index (χ1v) is 12.1. The second-order valence-electron chi connectivity index (χ2n) is 9.33. The van der Waals surface area contributed by atoms with Crippen molar-refractivity contribution >= 4 is 29.2 Å². The van der Waals surface area contributed by atoms with E-state index in [9.17, 15) is 9.59 Å². The van der Waals surface area contributed by atoms with Gasteiger partial charge in [-0.1, -0.05) is 41.6 Å². The number of anilines is 1. The SMILES string of the molecule is CC(=O)N1CC2CC(C1)C2Cn1ncc(Cl)c1C(=O)Nc1ncc(C#Cc2ccccc2)cc1C. The number of aryl methyl sites for hydroxylation is 1. The van der Waals surface area contributed by atoms with E-state index in [0.717, 1.165) is 36.2 Å². The molecule has 3 fully saturated rings. The maximum absolute atomic E-state index is 13.2. The first-order chi connectivity index (χ1) is 16.9. The summed E-state index contributed by atoms with van der Waals surface area (Å²) in [4.78, 5) is 31.2. The molecule has 3 aromatic rings. The summed E-state index contributed by atoms with van der Waals surface area (Å²) in [5, 5.41) is 7.56. The van der Waals surface area contributed by atoms with E-state index in [0.29, 0.717) is 40.8 Å². The Bertz CT molecular complexity index is 1330. The van der Waals surface area contributed by atoms with Gasteiger partial charge in [-0.2, -0.15) is 5.10 Å². The number of benzene rings is 1. The van der Waals surface area contributed by atoms with Crippen molar-refractivity contribution in [2.24, 2.45) is 17.8 Å². The van der Waals surface area contributed by atoms with E-state index in [4.69, 9.17) is 11.6 Å². The number of amides is 2. The minimum atomic E-state index is -0.346. The fourth-order valence-corrected chi connectivity index (χ4v) is 5.30. The molecular weight excluding hydrogens is 462 g/mol. The number of halogens is 1. The molecule has 2 amide bonds. The van der Waals surface area contributed by atoms with Gasteiger partial charge in [0.15, 0.2) is 0 Å². The summed E-state index contributed by atoms with van der Waals surface area (Å²) >= 11 is 6.36. The third kappa shape index (κ3) is 4.80. The van der Waals surface area contributed by atoms with Crippen molar-refractivity contribution in [3.8, 4) is 11.8 Å². The highest BCUT2D eigenvalue weighted by Gasteiger charge is 2.47. The molecule has 2 aliphatic heterocycles. The number of carbonyl (C=O) groups excluding carboxylic acids is 2. The van der Waals surface area contributed by atoms with Crippen LogP contribution in [0.2, 0.25) is 5.02 Å². The lowest BCUT2D eigenvalue weighted by Crippen LogP contribution is -2.57. The summed E-state index contributed by atoms with van der Waals surface area (Å²) < 4.78 is 1.69. The first-order valence-electron chi connectivity index (χ1n) is 11.7. The van der Waals surface area contributed by atoms with E-state index in [1.165, 1.54) is 6.20 Å². The summed E-state index contributed by atoms with van der Waals surface area (Å²) in [5.41, 5.74) is 2.83. The standard InChI is InChI=1S/C27H26ClN5O2/c1-17-10-20(9-8-19-6-4-3-5-7-19)12-29-26(17)31-27(35)25-24(28)13-30-33(25)16-23-21-11-22(23)15-32(14-21)18(2)34/h3-7,10,12-13,21-23H,11,14-16H2,1-2H3,(H,29,31,35). The molecule has 2 bridgehead atoms. The van der Waals surface area contributed by atoms with Gasteiger partial charge < -0.3 is 10.2 Å². The van der Waals surface area contributed by atoms with Crippen LogP contribution in [0.4, 0.5) is 5.82 Å². The van der Waals surface area contributed by atoms with Crippen LogP contribution < -0.4 is 5.32 Å². The Hall–Kier alpha value is -3.63. The highest BCUT2D eigenvalue weighted by Crippen LogP contribution is 2.46. The van der Waals surface area contributed by atoms with E-state index in [2.05, 4.69) is 27.2 Å². The van der Waals surface area contributed by atoms with Gasteiger partial charge in [0.1, 0.15) is 11.5 Å². The smallest absolute Gasteiger partial charge is 0.276 e. The largest absolute Gasteiger partial charge is 0.342 e. The molecule has 3 aliphatic rings. The number of nitrogens with zero attached hydrogens (tertiary/aromatic N) is 4. The van der Waals surface area contributed by atoms with Gasteiger partial charge in [0.2, 0.25) is 5.91 Å². The van der Waals surface area contributed by atoms with Crippen LogP contribution in [0.15, 0.2) is 48.8 Å². The summed E-state index contributed by atoms with van der Waals surface area (Å²) in [5.74, 6) is 7.71. The number of fused-ring (bicyclic) bond motifs is 2. The van der Waals surface area contributed by atoms with Crippen molar-refractivity contribution in [2.45, 2.75) is 26.8 Å². The van der Waals surface area contributed by atoms with Gasteiger partial charge in [-0.3, -0.25) is 14.3 Å². The Labute approximate surface area is 209 Å². The van der Waals surface area contributed by atoms with Crippen LogP contribution in [0.1, 0.15) is 40.5 Å². The lowest BCUT2D eigenvalue weighted by atomic mass is 9.61. The number of piperidine rings is 2. The molecule has 1 saturated carbocycles. The Morgan fingerprint density at radius 1 is 1.11 bits per heavy atom. The summed E-state index contributed by atoms with van der Waals surface area (Å²) in [6.07, 6.45) is 4.27. The van der Waals surface area contributed by atoms with E-state index in [1.807, 2.05) is 48.2 Å². The molecule has 1 N–H and O–H groups in total. The molecule has 8 heteroatoms. The average molecular weight is 488 g/mol. The molecule has 2 unspecified atom stereocenters. The Morgan fingerprint density at radius 2 is 1.83 bits per heavy atom. The van der Waals surface area contributed by atoms with E-state index in [1.54, 1.807) is 17.8 Å². The van der Waals surface area contributed by atoms with E-state index >= 15 is 0 Å². The lowest BCUT2D eigenvalue weighted by Gasteiger charge is -2.53. The van der Waals surface area contributed by atoms with Crippen molar-refractivity contribution in [1.29, 1.82) is 0 Å². The molecule has 7 nitrogen and oxygen atoms in total. The highest BCUT2D eigenvalue weighted by molar-refractivity contribution is 6.34. The number of carbonyl (C=O) groups is 2. The van der Waals surface area contributed by atoms with Gasteiger partial charge in [-0.25, -0.2) is 4.98 Å². The average Bonchev–Trinajstić information content (AvgIpc) is 3.23. The maximum atomic E-state index is 13.2. The van der Waals surface area contributed by atoms with Crippen LogP contribution >= 0.6 is 11.6 Å². The lowest BCUT2D eigenvalue weighted by molar-refractivity contribution is -0.140. The van der Waals surface area contributed by atoms with Crippen LogP contribution in [-0.2, 0) is 11.3 Å². The second-order valence-corrected chi connectivity index (χ2v) is 9.73. The summed E-state index contributed by atoms with van der Waals surface area (Å²) in [7, 11) is 0. The number of hydrogen-bond acceptors (Lipinski definition) is 4. The zero-order valence-corrected chi connectivity index (χ0v) is 20.4. The van der Waals surface area contributed by atoms with Crippen molar-refractivity contribution in [3.63, 3.8) is 0 Å². The van der Waals surface area contributed by atoms with Gasteiger partial charge in [-0.15, -0.1) is 0 Å². The molecule has 2 saturated heterocycles. The molecule has 0 spiro atoms. The topological polar surface area (TPSA) is 80.1 Å². The van der Waals surface area contributed by atoms with Crippen LogP contribution in [0.5, 0.6) is 0 Å². The predicted molar refractivity (Wildman–Crippen MR) is 134 cm³/mol. The molecule has 0 radical (unpaired) electrons. The number of aromatic nitrogens is 3. The van der Waals surface area contributed by atoms with Crippen LogP contribution in [0.25, 0.3) is 0 Å². The van der Waals surface area contributed by atoms with Crippen LogP contribution in [-0.4, -0.2) is 44.6 Å². The first kappa shape index (κ1) is 23.1. The molecule has 1 aliphatic carbocycles. The van der Waals surface area contributed by atoms with Crippen molar-refractivity contribution in [3.05, 3.63) is 76.2 Å². The fraction of sp³-hybridized carbons (Fsp3) is 0.333. The van der Waals surface area contributed by atoms with Gasteiger partial charge >= 0.3 is 0 Å². The zero-order chi connectivity index (χ0) is 24.5. The van der Waals surface area contributed by atoms with Crippen molar-refractivity contribution in [1.82, 2.24) is 19.7 Å². The van der Waals surface area contributed by atoms with Crippen LogP contribution in [0.3, 0.4) is 0 Å². The van der Waals surface area contributed by atoms with Gasteiger partial charge in [0, 0.05) is 43.9 Å². The molecule has 178 valence electrons. The molecule has 1 aromatic carbocycles. The third-order valence-electron chi connectivity index (χ3n) is 7.00. The molecule has 6 rings (SSSR count). The Balaban J connectivity index is 1.28. The molecule has 4 heterocycles. The van der Waals surface area contributed by atoms with Gasteiger partial charge in [-0.05, 0) is 54.9 Å². The minimum Gasteiger partial charge on any atom is -0.342 e. The number of pyridine rings is 1. The molecule has 35 heavy (non-hydrogen) atoms. The fourth-order valence-electron chi connectivity index (χ4n) is 5.08. The summed E-state index contributed by atoms with van der Waals surface area (Å²) in [6.45, 7) is 5.65. The third-order valence-corrected chi connectivity index (χ3v) is 7.28. The van der Waals surface area contributed by atoms with Crippen LogP contribution in [0, 0.1) is 36.5 Å². The van der Waals surface area contributed by atoms with E-state index < -0.39 is 0 Å². The molecule has 2 aromatic heterocycles. The minimum absolute atomic E-state index is 0.125. The molecule has 2 atom stereocenters. The normalized spacial score (nSPS) is 20.4. The Kier molecular flexibility index (Phi) is 6.31. The maximum Gasteiger partial charge on any atom is 0.276 e. The monoisotopic (exact) mass is 487 g/mol. The van der Waals surface area contributed by atoms with Gasteiger partial charge in [0.05, 0.1) is 11.2 Å². The van der Waals surface area contributed by atoms with Crippen molar-refractivity contribution < 1.29 is 9.59 Å². The van der Waals surface area contributed by atoms with Crippen molar-refractivity contribution in [2.75, 3.05) is 18.4 Å². The summed E-state index contributed by atoms with van der Waals surface area (Å²) in [6, 6.07) is 11.6. The second kappa shape index (κ2) is 9.55. The predicted octanol–water partition coefficient (Wildman–Crippen LogP) is 4.01. The number of rotatable bonds is 4. The highest BCUT2D eigenvalue weighted by atomic mass is 35.5. The zero-order valence-electron chi connectivity index (χ0n) is 19.7. The number of hydrogen-bond donors (Lipinski definition) is 1. The molecular formula is C27H26ClN5O2. The van der Waals surface area contributed by atoms with Gasteiger partial charge in [0.25, 0.3) is 5.91 Å².